The normalized spacial score (nSPS) is 17.7. The zero-order valence-electron chi connectivity index (χ0n) is 5.33. The summed E-state index contributed by atoms with van der Waals surface area (Å²) < 4.78 is 9.83. The largest absolute Gasteiger partial charge is 0.448 e. The number of ether oxygens (including phenoxy) is 2. The first kappa shape index (κ1) is 6.13. The van der Waals surface area contributed by atoms with Gasteiger partial charge >= 0.3 is 6.08 Å². The Morgan fingerprint density at radius 2 is 2.67 bits per heavy atom. The lowest BCUT2D eigenvalue weighted by atomic mass is 10.7. The van der Waals surface area contributed by atoms with Gasteiger partial charge in [0.15, 0.2) is 0 Å². The number of hydrogen-bond acceptors (Lipinski definition) is 3. The Morgan fingerprint density at radius 1 is 1.78 bits per heavy atom. The van der Waals surface area contributed by atoms with Crippen molar-refractivity contribution in [1.29, 1.82) is 0 Å². The van der Waals surface area contributed by atoms with Crippen molar-refractivity contribution in [3.63, 3.8) is 0 Å². The predicted octanol–water partition coefficient (Wildman–Crippen LogP) is 0.923. The first-order valence-corrected chi connectivity index (χ1v) is 2.88. The summed E-state index contributed by atoms with van der Waals surface area (Å²) in [6, 6.07) is 0. The third-order valence-corrected chi connectivity index (χ3v) is 0.863. The van der Waals surface area contributed by atoms with E-state index >= 15 is 0 Å². The smallest absolute Gasteiger partial charge is 0.388 e. The van der Waals surface area contributed by atoms with Gasteiger partial charge < -0.3 is 9.47 Å². The fraction of sp³-hybridized carbons (Fsp3) is 0.500. The van der Waals surface area contributed by atoms with Crippen molar-refractivity contribution in [3.8, 4) is 0 Å². The molecule has 9 heavy (non-hydrogen) atoms. The van der Waals surface area contributed by atoms with E-state index in [1.54, 1.807) is 12.3 Å². The second kappa shape index (κ2) is 3.12. The summed E-state index contributed by atoms with van der Waals surface area (Å²) >= 11 is 0. The fourth-order valence-corrected chi connectivity index (χ4v) is 0.513. The lowest BCUT2D eigenvalue weighted by Gasteiger charge is -1.95. The molecule has 1 aliphatic heterocycles. The Kier molecular flexibility index (Phi) is 2.13. The molecular weight excluding hydrogens is 118 g/mol. The Hall–Kier alpha value is -0.990. The maximum absolute atomic E-state index is 4.93. The molecule has 0 atom stereocenters. The highest BCUT2D eigenvalue weighted by molar-refractivity contribution is 5.68. The molecule has 0 saturated heterocycles. The zero-order valence-corrected chi connectivity index (χ0v) is 5.33. The average molecular weight is 127 g/mol. The van der Waals surface area contributed by atoms with E-state index in [1.807, 2.05) is 6.92 Å². The molecule has 1 aliphatic rings. The molecule has 0 aliphatic carbocycles. The van der Waals surface area contributed by atoms with Crippen LogP contribution in [0.25, 0.3) is 0 Å². The van der Waals surface area contributed by atoms with Gasteiger partial charge in [0, 0.05) is 0 Å². The van der Waals surface area contributed by atoms with Crippen LogP contribution >= 0.6 is 0 Å². The molecule has 0 aromatic heterocycles. The Morgan fingerprint density at radius 3 is 3.22 bits per heavy atom. The molecule has 0 amide bonds. The standard InChI is InChI=1S/C6H9NO2/c1-2-4-8-6-7-3-5-9-6/h2,4H,3,5H2,1H3. The molecule has 0 radical (unpaired) electrons. The highest BCUT2D eigenvalue weighted by atomic mass is 16.7. The van der Waals surface area contributed by atoms with E-state index in [1.165, 1.54) is 0 Å². The van der Waals surface area contributed by atoms with Crippen LogP contribution in [0.5, 0.6) is 0 Å². The summed E-state index contributed by atoms with van der Waals surface area (Å²) in [4.78, 5) is 3.89. The Bertz CT molecular complexity index is 140. The number of hydrogen-bond donors (Lipinski definition) is 0. The first-order chi connectivity index (χ1) is 4.43. The molecule has 0 aromatic rings. The van der Waals surface area contributed by atoms with Crippen molar-refractivity contribution in [2.24, 2.45) is 4.99 Å². The molecule has 3 nitrogen and oxygen atoms in total. The van der Waals surface area contributed by atoms with E-state index in [0.29, 0.717) is 19.2 Å². The van der Waals surface area contributed by atoms with Gasteiger partial charge in [-0.1, -0.05) is 6.08 Å². The SMILES string of the molecule is CC=COC1=NCCO1. The van der Waals surface area contributed by atoms with Crippen molar-refractivity contribution in [3.05, 3.63) is 12.3 Å². The van der Waals surface area contributed by atoms with E-state index < -0.39 is 0 Å². The minimum Gasteiger partial charge on any atom is -0.448 e. The summed E-state index contributed by atoms with van der Waals surface area (Å²) in [5.74, 6) is 0. The molecule has 3 heteroatoms. The van der Waals surface area contributed by atoms with Crippen molar-refractivity contribution in [2.75, 3.05) is 13.2 Å². The van der Waals surface area contributed by atoms with Crippen molar-refractivity contribution >= 4 is 6.08 Å². The molecular formula is C6H9NO2. The van der Waals surface area contributed by atoms with Crippen LogP contribution < -0.4 is 0 Å². The van der Waals surface area contributed by atoms with Crippen LogP contribution in [0.1, 0.15) is 6.92 Å². The van der Waals surface area contributed by atoms with Crippen LogP contribution in [0.2, 0.25) is 0 Å². The van der Waals surface area contributed by atoms with Gasteiger partial charge in [-0.05, 0) is 6.92 Å². The quantitative estimate of drug-likeness (QED) is 0.490. The lowest BCUT2D eigenvalue weighted by Crippen LogP contribution is -1.99. The van der Waals surface area contributed by atoms with Crippen LogP contribution in [-0.2, 0) is 9.47 Å². The zero-order chi connectivity index (χ0) is 6.53. The molecule has 0 saturated carbocycles. The molecule has 0 spiro atoms. The Balaban J connectivity index is 2.26. The third kappa shape index (κ3) is 1.76. The summed E-state index contributed by atoms with van der Waals surface area (Å²) in [7, 11) is 0. The topological polar surface area (TPSA) is 30.8 Å². The highest BCUT2D eigenvalue weighted by Crippen LogP contribution is 1.95. The van der Waals surface area contributed by atoms with Gasteiger partial charge in [-0.25, -0.2) is 4.99 Å². The minimum absolute atomic E-state index is 0.383. The van der Waals surface area contributed by atoms with E-state index in [-0.39, 0.29) is 0 Å². The summed E-state index contributed by atoms with van der Waals surface area (Å²) in [5.41, 5.74) is 0. The fourth-order valence-electron chi connectivity index (χ4n) is 0.513. The number of rotatable bonds is 1. The molecule has 0 bridgehead atoms. The highest BCUT2D eigenvalue weighted by Gasteiger charge is 2.05. The number of allylic oxidation sites excluding steroid dienone is 1. The molecule has 0 unspecified atom stereocenters. The monoisotopic (exact) mass is 127 g/mol. The second-order valence-electron chi connectivity index (χ2n) is 1.58. The van der Waals surface area contributed by atoms with Gasteiger partial charge in [0.05, 0.1) is 12.8 Å². The number of aliphatic imine (C=N–C) groups is 1. The van der Waals surface area contributed by atoms with E-state index in [0.717, 1.165) is 0 Å². The minimum atomic E-state index is 0.383. The molecule has 1 rings (SSSR count). The van der Waals surface area contributed by atoms with Crippen LogP contribution in [-0.4, -0.2) is 19.2 Å². The number of nitrogens with zero attached hydrogens (tertiary/aromatic N) is 1. The molecule has 50 valence electrons. The molecule has 0 aromatic carbocycles. The molecule has 1 heterocycles. The summed E-state index contributed by atoms with van der Waals surface area (Å²) in [6.07, 6.45) is 3.71. The predicted molar refractivity (Wildman–Crippen MR) is 34.2 cm³/mol. The molecule has 0 N–H and O–H groups in total. The van der Waals surface area contributed by atoms with Crippen LogP contribution in [0.4, 0.5) is 0 Å². The van der Waals surface area contributed by atoms with Crippen LogP contribution in [0, 0.1) is 0 Å². The van der Waals surface area contributed by atoms with Crippen molar-refractivity contribution < 1.29 is 9.47 Å². The molecule has 0 fully saturated rings. The van der Waals surface area contributed by atoms with Gasteiger partial charge in [0.2, 0.25) is 0 Å². The summed E-state index contributed by atoms with van der Waals surface area (Å²) in [6.45, 7) is 3.23. The van der Waals surface area contributed by atoms with Gasteiger partial charge in [-0.2, -0.15) is 0 Å². The maximum Gasteiger partial charge on any atom is 0.388 e. The lowest BCUT2D eigenvalue weighted by molar-refractivity contribution is 0.251. The van der Waals surface area contributed by atoms with E-state index in [4.69, 9.17) is 9.47 Å². The van der Waals surface area contributed by atoms with Gasteiger partial charge in [0.25, 0.3) is 0 Å². The first-order valence-electron chi connectivity index (χ1n) is 2.88. The van der Waals surface area contributed by atoms with E-state index in [9.17, 15) is 0 Å². The average Bonchev–Trinajstić information content (AvgIpc) is 2.34. The summed E-state index contributed by atoms with van der Waals surface area (Å²) in [5, 5.41) is 0. The van der Waals surface area contributed by atoms with Crippen molar-refractivity contribution in [1.82, 2.24) is 0 Å². The van der Waals surface area contributed by atoms with Crippen LogP contribution in [0.15, 0.2) is 17.3 Å². The van der Waals surface area contributed by atoms with Crippen LogP contribution in [0.3, 0.4) is 0 Å². The van der Waals surface area contributed by atoms with Crippen molar-refractivity contribution in [2.45, 2.75) is 6.92 Å². The van der Waals surface area contributed by atoms with Gasteiger partial charge in [-0.15, -0.1) is 0 Å². The van der Waals surface area contributed by atoms with Gasteiger partial charge in [0.1, 0.15) is 6.61 Å². The second-order valence-corrected chi connectivity index (χ2v) is 1.58. The Labute approximate surface area is 54.0 Å². The van der Waals surface area contributed by atoms with Gasteiger partial charge in [-0.3, -0.25) is 0 Å². The maximum atomic E-state index is 4.93. The van der Waals surface area contributed by atoms with E-state index in [2.05, 4.69) is 4.99 Å². The third-order valence-electron chi connectivity index (χ3n) is 0.863.